The van der Waals surface area contributed by atoms with Gasteiger partial charge in [-0.15, -0.1) is 11.8 Å². The molecule has 1 saturated heterocycles. The number of hydrogen-bond donors (Lipinski definition) is 0. The standard InChI is InChI=1S/C21H23F3N2OS/c1-28-19-6-3-2-5-18(19)20(27)26-12-4-11-25(13-14-26)15-16-7-9-17(10-8-16)21(22,23)24/h2-3,5-10H,4,11-15H2,1H3. The quantitative estimate of drug-likeness (QED) is 0.681. The second-order valence-corrected chi connectivity index (χ2v) is 7.66. The Hall–Kier alpha value is -1.99. The molecule has 2 aromatic carbocycles. The van der Waals surface area contributed by atoms with Gasteiger partial charge < -0.3 is 4.90 Å². The van der Waals surface area contributed by atoms with E-state index in [9.17, 15) is 18.0 Å². The van der Waals surface area contributed by atoms with Crippen molar-refractivity contribution < 1.29 is 18.0 Å². The van der Waals surface area contributed by atoms with Crippen molar-refractivity contribution in [2.45, 2.75) is 24.0 Å². The van der Waals surface area contributed by atoms with Crippen molar-refractivity contribution in [1.82, 2.24) is 9.80 Å². The number of halogens is 3. The topological polar surface area (TPSA) is 23.6 Å². The summed E-state index contributed by atoms with van der Waals surface area (Å²) in [6, 6.07) is 12.9. The molecule has 3 rings (SSSR count). The van der Waals surface area contributed by atoms with Crippen LogP contribution >= 0.6 is 11.8 Å². The Balaban J connectivity index is 1.61. The highest BCUT2D eigenvalue weighted by molar-refractivity contribution is 7.98. The average Bonchev–Trinajstić information content (AvgIpc) is 2.92. The molecular weight excluding hydrogens is 385 g/mol. The first-order valence-corrected chi connectivity index (χ1v) is 10.4. The molecule has 0 unspecified atom stereocenters. The summed E-state index contributed by atoms with van der Waals surface area (Å²) in [4.78, 5) is 18.0. The van der Waals surface area contributed by atoms with Gasteiger partial charge in [0.1, 0.15) is 0 Å². The molecule has 3 nitrogen and oxygen atoms in total. The van der Waals surface area contributed by atoms with Gasteiger partial charge in [-0.2, -0.15) is 13.2 Å². The molecular formula is C21H23F3N2OS. The largest absolute Gasteiger partial charge is 0.416 e. The van der Waals surface area contributed by atoms with Crippen LogP contribution < -0.4 is 0 Å². The average molecular weight is 408 g/mol. The van der Waals surface area contributed by atoms with Crippen LogP contribution in [0.15, 0.2) is 53.4 Å². The zero-order valence-corrected chi connectivity index (χ0v) is 16.5. The highest BCUT2D eigenvalue weighted by atomic mass is 32.2. The Morgan fingerprint density at radius 2 is 1.71 bits per heavy atom. The summed E-state index contributed by atoms with van der Waals surface area (Å²) in [5, 5.41) is 0. The maximum absolute atomic E-state index is 12.9. The Bertz CT molecular complexity index is 808. The minimum atomic E-state index is -4.31. The van der Waals surface area contributed by atoms with E-state index in [0.717, 1.165) is 41.1 Å². The van der Waals surface area contributed by atoms with Crippen molar-refractivity contribution in [3.05, 3.63) is 65.2 Å². The van der Waals surface area contributed by atoms with E-state index < -0.39 is 11.7 Å². The molecule has 1 heterocycles. The van der Waals surface area contributed by atoms with E-state index in [4.69, 9.17) is 0 Å². The van der Waals surface area contributed by atoms with E-state index in [2.05, 4.69) is 4.90 Å². The first-order chi connectivity index (χ1) is 13.4. The fourth-order valence-electron chi connectivity index (χ4n) is 3.38. The summed E-state index contributed by atoms with van der Waals surface area (Å²) in [5.41, 5.74) is 0.947. The molecule has 1 fully saturated rings. The molecule has 0 radical (unpaired) electrons. The normalized spacial score (nSPS) is 16.1. The van der Waals surface area contributed by atoms with Gasteiger partial charge in [-0.25, -0.2) is 0 Å². The Morgan fingerprint density at radius 3 is 2.39 bits per heavy atom. The van der Waals surface area contributed by atoms with Crippen LogP contribution in [-0.2, 0) is 12.7 Å². The second kappa shape index (κ2) is 9.01. The van der Waals surface area contributed by atoms with Gasteiger partial charge in [0.15, 0.2) is 0 Å². The molecule has 1 aliphatic heterocycles. The fraction of sp³-hybridized carbons (Fsp3) is 0.381. The minimum absolute atomic E-state index is 0.0429. The van der Waals surface area contributed by atoms with Crippen LogP contribution in [0.25, 0.3) is 0 Å². The summed E-state index contributed by atoms with van der Waals surface area (Å²) < 4.78 is 38.1. The molecule has 0 saturated carbocycles. The van der Waals surface area contributed by atoms with Crippen LogP contribution in [0.2, 0.25) is 0 Å². The lowest BCUT2D eigenvalue weighted by Gasteiger charge is -2.23. The van der Waals surface area contributed by atoms with Gasteiger partial charge in [0, 0.05) is 37.6 Å². The van der Waals surface area contributed by atoms with Crippen LogP contribution in [0.3, 0.4) is 0 Å². The maximum atomic E-state index is 12.9. The van der Waals surface area contributed by atoms with Gasteiger partial charge in [0.05, 0.1) is 11.1 Å². The van der Waals surface area contributed by atoms with E-state index in [0.29, 0.717) is 26.2 Å². The molecule has 0 atom stereocenters. The van der Waals surface area contributed by atoms with Crippen LogP contribution in [-0.4, -0.2) is 48.1 Å². The van der Waals surface area contributed by atoms with Gasteiger partial charge in [0.25, 0.3) is 5.91 Å². The number of nitrogens with zero attached hydrogens (tertiary/aromatic N) is 2. The molecule has 1 aliphatic rings. The van der Waals surface area contributed by atoms with E-state index in [1.54, 1.807) is 11.8 Å². The number of rotatable bonds is 4. The third-order valence-electron chi connectivity index (χ3n) is 4.90. The minimum Gasteiger partial charge on any atom is -0.337 e. The van der Waals surface area contributed by atoms with Crippen molar-refractivity contribution in [3.8, 4) is 0 Å². The van der Waals surface area contributed by atoms with Crippen molar-refractivity contribution in [2.24, 2.45) is 0 Å². The molecule has 0 spiro atoms. The Morgan fingerprint density at radius 1 is 1.00 bits per heavy atom. The summed E-state index contributed by atoms with van der Waals surface area (Å²) in [6.07, 6.45) is -1.51. The van der Waals surface area contributed by atoms with Crippen LogP contribution in [0, 0.1) is 0 Å². The fourth-order valence-corrected chi connectivity index (χ4v) is 3.97. The number of alkyl halides is 3. The molecule has 28 heavy (non-hydrogen) atoms. The summed E-state index contributed by atoms with van der Waals surface area (Å²) >= 11 is 1.56. The highest BCUT2D eigenvalue weighted by Crippen LogP contribution is 2.29. The van der Waals surface area contributed by atoms with Crippen LogP contribution in [0.4, 0.5) is 13.2 Å². The third kappa shape index (κ3) is 5.08. The lowest BCUT2D eigenvalue weighted by molar-refractivity contribution is -0.137. The van der Waals surface area contributed by atoms with Crippen LogP contribution in [0.1, 0.15) is 27.9 Å². The molecule has 0 bridgehead atoms. The Labute approximate surface area is 167 Å². The molecule has 1 amide bonds. The summed E-state index contributed by atoms with van der Waals surface area (Å²) in [7, 11) is 0. The van der Waals surface area contributed by atoms with Gasteiger partial charge in [-0.1, -0.05) is 24.3 Å². The van der Waals surface area contributed by atoms with E-state index >= 15 is 0 Å². The van der Waals surface area contributed by atoms with Gasteiger partial charge in [0.2, 0.25) is 0 Å². The smallest absolute Gasteiger partial charge is 0.337 e. The lowest BCUT2D eigenvalue weighted by atomic mass is 10.1. The summed E-state index contributed by atoms with van der Waals surface area (Å²) in [6.45, 7) is 3.40. The molecule has 2 aromatic rings. The first kappa shape index (κ1) is 20.7. The lowest BCUT2D eigenvalue weighted by Crippen LogP contribution is -2.35. The van der Waals surface area contributed by atoms with Gasteiger partial charge in [-0.3, -0.25) is 9.69 Å². The zero-order chi connectivity index (χ0) is 20.1. The number of carbonyl (C=O) groups excluding carboxylic acids is 1. The van der Waals surface area contributed by atoms with Crippen molar-refractivity contribution in [3.63, 3.8) is 0 Å². The van der Waals surface area contributed by atoms with Gasteiger partial charge >= 0.3 is 6.18 Å². The number of thioether (sulfide) groups is 1. The zero-order valence-electron chi connectivity index (χ0n) is 15.7. The monoisotopic (exact) mass is 408 g/mol. The van der Waals surface area contributed by atoms with E-state index in [1.807, 2.05) is 35.4 Å². The molecule has 0 aliphatic carbocycles. The first-order valence-electron chi connectivity index (χ1n) is 9.19. The van der Waals surface area contributed by atoms with E-state index in [-0.39, 0.29) is 5.91 Å². The number of amides is 1. The number of benzene rings is 2. The molecule has 150 valence electrons. The third-order valence-corrected chi connectivity index (χ3v) is 5.70. The van der Waals surface area contributed by atoms with Crippen molar-refractivity contribution in [1.29, 1.82) is 0 Å². The molecule has 0 aromatic heterocycles. The Kier molecular flexibility index (Phi) is 6.67. The number of hydrogen-bond acceptors (Lipinski definition) is 3. The summed E-state index contributed by atoms with van der Waals surface area (Å²) in [5.74, 6) is 0.0429. The SMILES string of the molecule is CSc1ccccc1C(=O)N1CCCN(Cc2ccc(C(F)(F)F)cc2)CC1. The maximum Gasteiger partial charge on any atom is 0.416 e. The predicted octanol–water partition coefficient (Wildman–Crippen LogP) is 4.78. The number of carbonyl (C=O) groups is 1. The predicted molar refractivity (Wildman–Crippen MR) is 105 cm³/mol. The van der Waals surface area contributed by atoms with Gasteiger partial charge in [-0.05, 0) is 42.5 Å². The molecule has 0 N–H and O–H groups in total. The molecule has 7 heteroatoms. The highest BCUT2D eigenvalue weighted by Gasteiger charge is 2.30. The van der Waals surface area contributed by atoms with E-state index in [1.165, 1.54) is 12.1 Å². The second-order valence-electron chi connectivity index (χ2n) is 6.82. The van der Waals surface area contributed by atoms with Crippen molar-refractivity contribution in [2.75, 3.05) is 32.4 Å². The van der Waals surface area contributed by atoms with Crippen LogP contribution in [0.5, 0.6) is 0 Å². The van der Waals surface area contributed by atoms with Crippen molar-refractivity contribution >= 4 is 17.7 Å².